The van der Waals surface area contributed by atoms with E-state index in [1.165, 1.54) is 6.33 Å². The maximum Gasteiger partial charge on any atom is 0.184 e. The van der Waals surface area contributed by atoms with Gasteiger partial charge in [0, 0.05) is 16.1 Å². The molecule has 4 rings (SSSR count). The van der Waals surface area contributed by atoms with Crippen LogP contribution in [-0.2, 0) is 6.54 Å². The molecule has 0 radical (unpaired) electrons. The Hall–Kier alpha value is -2.76. The van der Waals surface area contributed by atoms with Crippen LogP contribution < -0.4 is 0 Å². The molecule has 0 N–H and O–H groups in total. The first-order valence-corrected chi connectivity index (χ1v) is 8.58. The van der Waals surface area contributed by atoms with E-state index >= 15 is 0 Å². The lowest BCUT2D eigenvalue weighted by atomic mass is 10.1. The molecule has 0 bridgehead atoms. The van der Waals surface area contributed by atoms with Crippen molar-refractivity contribution in [3.63, 3.8) is 0 Å². The van der Waals surface area contributed by atoms with Gasteiger partial charge in [-0.25, -0.2) is 15.0 Å². The van der Waals surface area contributed by atoms with E-state index in [2.05, 4.69) is 15.0 Å². The molecule has 5 nitrogen and oxygen atoms in total. The fourth-order valence-corrected chi connectivity index (χ4v) is 3.27. The van der Waals surface area contributed by atoms with Crippen LogP contribution in [0.5, 0.6) is 0 Å². The van der Waals surface area contributed by atoms with Gasteiger partial charge in [-0.2, -0.15) is 0 Å². The van der Waals surface area contributed by atoms with E-state index in [9.17, 15) is 4.79 Å². The molecule has 0 saturated carbocycles. The van der Waals surface area contributed by atoms with Crippen molar-refractivity contribution in [1.82, 2.24) is 19.5 Å². The normalized spacial score (nSPS) is 11.0. The van der Waals surface area contributed by atoms with Gasteiger partial charge in [0.05, 0.1) is 17.9 Å². The predicted octanol–water partition coefficient (Wildman–Crippen LogP) is 4.68. The molecule has 0 saturated heterocycles. The minimum absolute atomic E-state index is 0.0725. The second-order valence-corrected chi connectivity index (χ2v) is 6.52. The summed E-state index contributed by atoms with van der Waals surface area (Å²) in [4.78, 5) is 25.7. The lowest BCUT2D eigenvalue weighted by Crippen LogP contribution is -2.10. The summed E-state index contributed by atoms with van der Waals surface area (Å²) in [7, 11) is 0. The minimum atomic E-state index is -0.147. The maximum absolute atomic E-state index is 12.6. The highest BCUT2D eigenvalue weighted by Gasteiger charge is 2.16. The van der Waals surface area contributed by atoms with Crippen molar-refractivity contribution >= 4 is 40.1 Å². The second-order valence-electron chi connectivity index (χ2n) is 5.68. The summed E-state index contributed by atoms with van der Waals surface area (Å²) in [5.74, 6) is -0.147. The van der Waals surface area contributed by atoms with Gasteiger partial charge in [0.2, 0.25) is 0 Å². The second kappa shape index (κ2) is 6.86. The topological polar surface area (TPSA) is 60.7 Å². The van der Waals surface area contributed by atoms with Gasteiger partial charge in [0.15, 0.2) is 11.4 Å². The number of rotatable bonds is 4. The third-order valence-corrected chi connectivity index (χ3v) is 4.54. The van der Waals surface area contributed by atoms with Crippen molar-refractivity contribution in [1.29, 1.82) is 0 Å². The predicted molar refractivity (Wildman–Crippen MR) is 102 cm³/mol. The quantitative estimate of drug-likeness (QED) is 0.480. The molecule has 0 atom stereocenters. The summed E-state index contributed by atoms with van der Waals surface area (Å²) in [5, 5.41) is 0.811. The van der Waals surface area contributed by atoms with Crippen LogP contribution >= 0.6 is 23.2 Å². The lowest BCUT2D eigenvalue weighted by Gasteiger charge is -2.06. The monoisotopic (exact) mass is 382 g/mol. The zero-order chi connectivity index (χ0) is 18.1. The number of nitrogens with zero attached hydrogens (tertiary/aromatic N) is 4. The molecule has 0 aliphatic heterocycles. The molecule has 128 valence electrons. The number of ketones is 1. The van der Waals surface area contributed by atoms with Gasteiger partial charge in [0.25, 0.3) is 0 Å². The van der Waals surface area contributed by atoms with Gasteiger partial charge in [-0.15, -0.1) is 0 Å². The minimum Gasteiger partial charge on any atom is -0.307 e. The molecule has 0 fully saturated rings. The van der Waals surface area contributed by atoms with Crippen LogP contribution in [0, 0.1) is 0 Å². The Labute approximate surface area is 159 Å². The number of benzene rings is 2. The van der Waals surface area contributed by atoms with Gasteiger partial charge < -0.3 is 4.57 Å². The van der Waals surface area contributed by atoms with Crippen LogP contribution in [0.25, 0.3) is 22.4 Å². The van der Waals surface area contributed by atoms with Crippen molar-refractivity contribution < 1.29 is 4.79 Å². The SMILES string of the molecule is O=C(Cn1cnc2c(-c3ccccc3)ncnc21)c1ccc(Cl)cc1Cl. The van der Waals surface area contributed by atoms with Crippen molar-refractivity contribution in [3.8, 4) is 11.3 Å². The summed E-state index contributed by atoms with van der Waals surface area (Å²) < 4.78 is 1.69. The van der Waals surface area contributed by atoms with Crippen LogP contribution in [0.15, 0.2) is 61.2 Å². The van der Waals surface area contributed by atoms with E-state index in [-0.39, 0.29) is 12.3 Å². The van der Waals surface area contributed by atoms with E-state index in [1.54, 1.807) is 29.1 Å². The lowest BCUT2D eigenvalue weighted by molar-refractivity contribution is 0.0973. The third kappa shape index (κ3) is 3.07. The molecule has 0 spiro atoms. The van der Waals surface area contributed by atoms with Crippen LogP contribution in [0.3, 0.4) is 0 Å². The number of fused-ring (bicyclic) bond motifs is 1. The average Bonchev–Trinajstić information content (AvgIpc) is 3.05. The van der Waals surface area contributed by atoms with Crippen LogP contribution in [0.1, 0.15) is 10.4 Å². The summed E-state index contributed by atoms with van der Waals surface area (Å²) in [5.41, 5.74) is 3.32. The number of halogens is 2. The number of carbonyl (C=O) groups excluding carboxylic acids is 1. The number of aromatic nitrogens is 4. The first-order chi connectivity index (χ1) is 12.6. The Bertz CT molecular complexity index is 1110. The van der Waals surface area contributed by atoms with Gasteiger partial charge in [-0.1, -0.05) is 53.5 Å². The van der Waals surface area contributed by atoms with Crippen LogP contribution in [0.2, 0.25) is 10.0 Å². The molecule has 7 heteroatoms. The molecule has 0 aliphatic rings. The third-order valence-electron chi connectivity index (χ3n) is 3.99. The Morgan fingerprint density at radius 1 is 1.00 bits per heavy atom. The summed E-state index contributed by atoms with van der Waals surface area (Å²) in [6.07, 6.45) is 3.07. The summed E-state index contributed by atoms with van der Waals surface area (Å²) >= 11 is 12.0. The van der Waals surface area contributed by atoms with Gasteiger partial charge in [-0.3, -0.25) is 4.79 Å². The number of hydrogen-bond donors (Lipinski definition) is 0. The Kier molecular flexibility index (Phi) is 4.41. The number of carbonyl (C=O) groups is 1. The molecular weight excluding hydrogens is 371 g/mol. The number of imidazole rings is 1. The van der Waals surface area contributed by atoms with Crippen molar-refractivity contribution in [3.05, 3.63) is 76.8 Å². The Morgan fingerprint density at radius 2 is 1.81 bits per heavy atom. The molecule has 2 aromatic heterocycles. The fraction of sp³-hybridized carbons (Fsp3) is 0.0526. The molecule has 0 aliphatic carbocycles. The molecule has 0 unspecified atom stereocenters. The molecule has 26 heavy (non-hydrogen) atoms. The Balaban J connectivity index is 1.71. The zero-order valence-corrected chi connectivity index (χ0v) is 14.9. The first-order valence-electron chi connectivity index (χ1n) is 7.83. The van der Waals surface area contributed by atoms with E-state index in [0.29, 0.717) is 26.8 Å². The molecule has 0 amide bonds. The first kappa shape index (κ1) is 16.7. The molecule has 2 aromatic carbocycles. The average molecular weight is 383 g/mol. The van der Waals surface area contributed by atoms with Crippen LogP contribution in [0.4, 0.5) is 0 Å². The largest absolute Gasteiger partial charge is 0.307 e. The van der Waals surface area contributed by atoms with Gasteiger partial charge in [-0.05, 0) is 18.2 Å². The van der Waals surface area contributed by atoms with Crippen molar-refractivity contribution in [2.45, 2.75) is 6.54 Å². The summed E-state index contributed by atoms with van der Waals surface area (Å²) in [6, 6.07) is 14.5. The fourth-order valence-electron chi connectivity index (χ4n) is 2.76. The smallest absolute Gasteiger partial charge is 0.184 e. The number of Topliss-reactive ketones (excluding diaryl/α,β-unsaturated/α-hetero) is 1. The highest BCUT2D eigenvalue weighted by molar-refractivity contribution is 6.36. The van der Waals surface area contributed by atoms with E-state index in [1.807, 2.05) is 30.3 Å². The van der Waals surface area contributed by atoms with Crippen molar-refractivity contribution in [2.75, 3.05) is 0 Å². The Morgan fingerprint density at radius 3 is 2.58 bits per heavy atom. The van der Waals surface area contributed by atoms with Crippen LogP contribution in [-0.4, -0.2) is 25.3 Å². The standard InChI is InChI=1S/C19H12Cl2N4O/c20-13-6-7-14(15(21)8-13)16(26)9-25-11-24-18-17(22-10-23-19(18)25)12-4-2-1-3-5-12/h1-8,10-11H,9H2. The van der Waals surface area contributed by atoms with Gasteiger partial charge >= 0.3 is 0 Å². The molecule has 2 heterocycles. The van der Waals surface area contributed by atoms with E-state index < -0.39 is 0 Å². The highest BCUT2D eigenvalue weighted by atomic mass is 35.5. The zero-order valence-electron chi connectivity index (χ0n) is 13.4. The van der Waals surface area contributed by atoms with E-state index in [4.69, 9.17) is 23.2 Å². The van der Waals surface area contributed by atoms with Gasteiger partial charge in [0.1, 0.15) is 17.5 Å². The summed E-state index contributed by atoms with van der Waals surface area (Å²) in [6.45, 7) is 0.0725. The molecule has 4 aromatic rings. The highest BCUT2D eigenvalue weighted by Crippen LogP contribution is 2.25. The molecular formula is C19H12Cl2N4O. The van der Waals surface area contributed by atoms with E-state index in [0.717, 1.165) is 11.3 Å². The maximum atomic E-state index is 12.6. The number of hydrogen-bond acceptors (Lipinski definition) is 4. The van der Waals surface area contributed by atoms with Crippen molar-refractivity contribution in [2.24, 2.45) is 0 Å².